The van der Waals surface area contributed by atoms with Crippen molar-refractivity contribution in [1.82, 2.24) is 4.90 Å². The average Bonchev–Trinajstić information content (AvgIpc) is 2.52. The molecule has 0 amide bonds. The number of aliphatic hydroxyl groups is 1. The van der Waals surface area contributed by atoms with Gasteiger partial charge in [0, 0.05) is 37.9 Å². The molecule has 6 nitrogen and oxygen atoms in total. The third-order valence-corrected chi connectivity index (χ3v) is 3.69. The molecular formula is C15H17N3O3. The molecule has 6 heteroatoms. The quantitative estimate of drug-likeness (QED) is 0.520. The lowest BCUT2D eigenvalue weighted by Crippen LogP contribution is -2.35. The summed E-state index contributed by atoms with van der Waals surface area (Å²) in [5, 5.41) is 29.0. The standard InChI is InChI=1S/C15H17N3O3/c16-8-7-15(17-9-1-2-12(10-17)11-19)13-3-5-14(6-4-13)18(20)21/h3-7,12,19H,1-2,9-11H2/b15-7+. The minimum absolute atomic E-state index is 0.0296. The minimum Gasteiger partial charge on any atom is -0.396 e. The van der Waals surface area contributed by atoms with E-state index in [1.165, 1.54) is 18.2 Å². The van der Waals surface area contributed by atoms with Gasteiger partial charge >= 0.3 is 0 Å². The third kappa shape index (κ3) is 3.58. The van der Waals surface area contributed by atoms with Crippen LogP contribution in [0.3, 0.4) is 0 Å². The van der Waals surface area contributed by atoms with Crippen molar-refractivity contribution in [2.45, 2.75) is 12.8 Å². The molecule has 1 unspecified atom stereocenters. The Morgan fingerprint density at radius 3 is 2.81 bits per heavy atom. The molecule has 1 N–H and O–H groups in total. The van der Waals surface area contributed by atoms with Crippen LogP contribution in [0.5, 0.6) is 0 Å². The van der Waals surface area contributed by atoms with Crippen LogP contribution in [0.4, 0.5) is 5.69 Å². The molecule has 1 aliphatic rings. The number of piperidine rings is 1. The number of nitro groups is 1. The molecule has 2 rings (SSSR count). The maximum atomic E-state index is 10.7. The van der Waals surface area contributed by atoms with Crippen LogP contribution in [-0.4, -0.2) is 34.6 Å². The molecule has 1 aromatic rings. The van der Waals surface area contributed by atoms with Crippen LogP contribution in [0.15, 0.2) is 30.3 Å². The summed E-state index contributed by atoms with van der Waals surface area (Å²) in [5.74, 6) is 0.207. The molecule has 1 saturated heterocycles. The van der Waals surface area contributed by atoms with E-state index >= 15 is 0 Å². The Bertz CT molecular complexity index is 575. The normalized spacial score (nSPS) is 19.1. The lowest BCUT2D eigenvalue weighted by Gasteiger charge is -2.35. The van der Waals surface area contributed by atoms with Crippen LogP contribution in [0.25, 0.3) is 5.70 Å². The van der Waals surface area contributed by atoms with Gasteiger partial charge in [-0.15, -0.1) is 0 Å². The van der Waals surface area contributed by atoms with Gasteiger partial charge in [0.25, 0.3) is 5.69 Å². The number of nitriles is 1. The molecular weight excluding hydrogens is 270 g/mol. The fraction of sp³-hybridized carbons (Fsp3) is 0.400. The highest BCUT2D eigenvalue weighted by Crippen LogP contribution is 2.27. The van der Waals surface area contributed by atoms with E-state index in [2.05, 4.69) is 4.90 Å². The molecule has 1 fully saturated rings. The fourth-order valence-corrected chi connectivity index (χ4v) is 2.61. The van der Waals surface area contributed by atoms with Crippen molar-refractivity contribution in [2.75, 3.05) is 19.7 Å². The van der Waals surface area contributed by atoms with Gasteiger partial charge in [-0.25, -0.2) is 0 Å². The maximum absolute atomic E-state index is 10.7. The molecule has 0 spiro atoms. The van der Waals surface area contributed by atoms with Crippen LogP contribution >= 0.6 is 0 Å². The zero-order valence-corrected chi connectivity index (χ0v) is 11.6. The van der Waals surface area contributed by atoms with Gasteiger partial charge in [0.15, 0.2) is 0 Å². The first kappa shape index (κ1) is 15.0. The van der Waals surface area contributed by atoms with Crippen molar-refractivity contribution in [3.05, 3.63) is 46.0 Å². The number of likely N-dealkylation sites (tertiary alicyclic amines) is 1. The van der Waals surface area contributed by atoms with Gasteiger partial charge in [-0.2, -0.15) is 5.26 Å². The summed E-state index contributed by atoms with van der Waals surface area (Å²) in [6, 6.07) is 8.22. The predicted molar refractivity (Wildman–Crippen MR) is 78.1 cm³/mol. The molecule has 1 aliphatic heterocycles. The Morgan fingerprint density at radius 2 is 2.24 bits per heavy atom. The van der Waals surface area contributed by atoms with E-state index in [1.54, 1.807) is 12.1 Å². The molecule has 1 aromatic carbocycles. The van der Waals surface area contributed by atoms with E-state index in [0.717, 1.165) is 30.6 Å². The topological polar surface area (TPSA) is 90.4 Å². The average molecular weight is 287 g/mol. The Balaban J connectivity index is 2.25. The molecule has 0 aliphatic carbocycles. The first-order chi connectivity index (χ1) is 10.2. The van der Waals surface area contributed by atoms with E-state index in [-0.39, 0.29) is 18.2 Å². The number of non-ortho nitro benzene ring substituents is 1. The van der Waals surface area contributed by atoms with Crippen LogP contribution in [-0.2, 0) is 0 Å². The number of nitro benzene ring substituents is 1. The number of nitrogens with zero attached hydrogens (tertiary/aromatic N) is 3. The highest BCUT2D eigenvalue weighted by molar-refractivity contribution is 5.67. The maximum Gasteiger partial charge on any atom is 0.269 e. The van der Waals surface area contributed by atoms with Crippen molar-refractivity contribution in [3.63, 3.8) is 0 Å². The van der Waals surface area contributed by atoms with E-state index in [1.807, 2.05) is 6.07 Å². The van der Waals surface area contributed by atoms with Crippen molar-refractivity contribution in [2.24, 2.45) is 5.92 Å². The Kier molecular flexibility index (Phi) is 4.90. The van der Waals surface area contributed by atoms with Crippen LogP contribution in [0.1, 0.15) is 18.4 Å². The zero-order valence-electron chi connectivity index (χ0n) is 11.6. The second-order valence-electron chi connectivity index (χ2n) is 5.10. The molecule has 0 radical (unpaired) electrons. The van der Waals surface area contributed by atoms with Gasteiger partial charge < -0.3 is 10.0 Å². The summed E-state index contributed by atoms with van der Waals surface area (Å²) in [5.41, 5.74) is 1.56. The van der Waals surface area contributed by atoms with E-state index < -0.39 is 4.92 Å². The number of benzene rings is 1. The second-order valence-corrected chi connectivity index (χ2v) is 5.10. The molecule has 0 aromatic heterocycles. The van der Waals surface area contributed by atoms with E-state index in [0.29, 0.717) is 6.54 Å². The van der Waals surface area contributed by atoms with Crippen LogP contribution in [0, 0.1) is 27.4 Å². The minimum atomic E-state index is -0.444. The number of allylic oxidation sites excluding steroid dienone is 1. The van der Waals surface area contributed by atoms with Crippen molar-refractivity contribution >= 4 is 11.4 Å². The Hall–Kier alpha value is -2.39. The van der Waals surface area contributed by atoms with Gasteiger partial charge in [0.2, 0.25) is 0 Å². The number of rotatable bonds is 4. The Morgan fingerprint density at radius 1 is 1.52 bits per heavy atom. The van der Waals surface area contributed by atoms with E-state index in [4.69, 9.17) is 5.26 Å². The highest BCUT2D eigenvalue weighted by atomic mass is 16.6. The first-order valence-electron chi connectivity index (χ1n) is 6.86. The number of hydrogen-bond donors (Lipinski definition) is 1. The molecule has 21 heavy (non-hydrogen) atoms. The largest absolute Gasteiger partial charge is 0.396 e. The van der Waals surface area contributed by atoms with Gasteiger partial charge in [-0.1, -0.05) is 0 Å². The monoisotopic (exact) mass is 287 g/mol. The first-order valence-corrected chi connectivity index (χ1v) is 6.86. The molecule has 1 atom stereocenters. The lowest BCUT2D eigenvalue weighted by molar-refractivity contribution is -0.384. The summed E-state index contributed by atoms with van der Waals surface area (Å²) in [4.78, 5) is 12.3. The summed E-state index contributed by atoms with van der Waals surface area (Å²) >= 11 is 0. The molecule has 110 valence electrons. The summed E-state index contributed by atoms with van der Waals surface area (Å²) in [7, 11) is 0. The smallest absolute Gasteiger partial charge is 0.269 e. The van der Waals surface area contributed by atoms with Crippen molar-refractivity contribution in [3.8, 4) is 6.07 Å². The molecule has 1 heterocycles. The summed E-state index contributed by atoms with van der Waals surface area (Å²) in [6.45, 7) is 1.65. The summed E-state index contributed by atoms with van der Waals surface area (Å²) < 4.78 is 0. The number of aliphatic hydroxyl groups excluding tert-OH is 1. The van der Waals surface area contributed by atoms with Crippen molar-refractivity contribution in [1.29, 1.82) is 5.26 Å². The SMILES string of the molecule is N#C/C=C(\c1ccc([N+](=O)[O-])cc1)N1CCCC(CO)C1. The second kappa shape index (κ2) is 6.86. The Labute approximate surface area is 123 Å². The van der Waals surface area contributed by atoms with Gasteiger partial charge in [0.1, 0.15) is 0 Å². The highest BCUT2D eigenvalue weighted by Gasteiger charge is 2.22. The summed E-state index contributed by atoms with van der Waals surface area (Å²) in [6.07, 6.45) is 3.40. The fourth-order valence-electron chi connectivity index (χ4n) is 2.61. The van der Waals surface area contributed by atoms with Gasteiger partial charge in [-0.05, 0) is 36.5 Å². The van der Waals surface area contributed by atoms with Crippen molar-refractivity contribution < 1.29 is 10.0 Å². The number of hydrogen-bond acceptors (Lipinski definition) is 5. The molecule has 0 bridgehead atoms. The van der Waals surface area contributed by atoms with Crippen LogP contribution < -0.4 is 0 Å². The van der Waals surface area contributed by atoms with E-state index in [9.17, 15) is 15.2 Å². The molecule has 0 saturated carbocycles. The zero-order chi connectivity index (χ0) is 15.2. The lowest BCUT2D eigenvalue weighted by atomic mass is 9.97. The van der Waals surface area contributed by atoms with Gasteiger partial charge in [-0.3, -0.25) is 10.1 Å². The third-order valence-electron chi connectivity index (χ3n) is 3.69. The predicted octanol–water partition coefficient (Wildman–Crippen LogP) is 2.16. The van der Waals surface area contributed by atoms with Crippen LogP contribution in [0.2, 0.25) is 0 Å². The van der Waals surface area contributed by atoms with Gasteiger partial charge in [0.05, 0.1) is 16.7 Å².